The molecule has 0 aliphatic carbocycles. The average Bonchev–Trinajstić information content (AvgIpc) is 3.22. The molecule has 0 aromatic carbocycles. The minimum absolute atomic E-state index is 0.145. The molecule has 2 fully saturated rings. The number of aliphatic hydroxyl groups excluding tert-OH is 1. The Morgan fingerprint density at radius 1 is 1.20 bits per heavy atom. The van der Waals surface area contributed by atoms with Gasteiger partial charge in [0, 0.05) is 51.7 Å². The van der Waals surface area contributed by atoms with Crippen LogP contribution in [0.1, 0.15) is 12.8 Å². The van der Waals surface area contributed by atoms with Crippen LogP contribution in [0, 0.1) is 11.8 Å². The highest BCUT2D eigenvalue weighted by Crippen LogP contribution is 2.25. The van der Waals surface area contributed by atoms with Gasteiger partial charge in [0.25, 0.3) is 0 Å². The van der Waals surface area contributed by atoms with Gasteiger partial charge < -0.3 is 19.8 Å². The monoisotopic (exact) mass is 350 g/mol. The fourth-order valence-corrected chi connectivity index (χ4v) is 3.89. The van der Waals surface area contributed by atoms with Crippen molar-refractivity contribution in [2.45, 2.75) is 19.4 Å². The maximum Gasteiger partial charge on any atom is 0.224 e. The van der Waals surface area contributed by atoms with E-state index in [9.17, 15) is 9.90 Å². The number of hydrogen-bond acceptors (Lipinski definition) is 6. The van der Waals surface area contributed by atoms with Crippen LogP contribution in [0.2, 0.25) is 0 Å². The lowest BCUT2D eigenvalue weighted by molar-refractivity contribution is -0.130. The van der Waals surface area contributed by atoms with E-state index in [0.717, 1.165) is 39.3 Å². The summed E-state index contributed by atoms with van der Waals surface area (Å²) in [6.07, 6.45) is 4.74. The lowest BCUT2D eigenvalue weighted by atomic mass is 9.96. The molecule has 0 radical (unpaired) electrons. The molecule has 1 aromatic heterocycles. The molecule has 140 valence electrons. The smallest absolute Gasteiger partial charge is 0.224 e. The Balaban J connectivity index is 1.50. The van der Waals surface area contributed by atoms with Crippen molar-refractivity contribution < 1.29 is 9.90 Å². The van der Waals surface area contributed by atoms with Crippen molar-refractivity contribution in [1.82, 2.24) is 29.5 Å². The zero-order valence-electron chi connectivity index (χ0n) is 15.1. The second-order valence-corrected chi connectivity index (χ2v) is 7.37. The molecule has 0 saturated carbocycles. The summed E-state index contributed by atoms with van der Waals surface area (Å²) in [6, 6.07) is 0. The number of aryl methyl sites for hydroxylation is 1. The fraction of sp³-hybridized carbons (Fsp3) is 0.824. The number of aromatic nitrogens is 3. The molecule has 3 rings (SSSR count). The predicted octanol–water partition coefficient (Wildman–Crippen LogP) is -0.627. The first-order valence-electron chi connectivity index (χ1n) is 9.27. The Morgan fingerprint density at radius 2 is 2.04 bits per heavy atom. The minimum Gasteiger partial charge on any atom is -0.396 e. The minimum atomic E-state index is 0.145. The second kappa shape index (κ2) is 8.73. The molecule has 0 bridgehead atoms. The van der Waals surface area contributed by atoms with Gasteiger partial charge in [-0.1, -0.05) is 0 Å². The van der Waals surface area contributed by atoms with E-state index in [4.69, 9.17) is 0 Å². The van der Waals surface area contributed by atoms with Gasteiger partial charge in [0.05, 0.1) is 6.54 Å². The first kappa shape index (κ1) is 18.3. The van der Waals surface area contributed by atoms with E-state index < -0.39 is 0 Å². The summed E-state index contributed by atoms with van der Waals surface area (Å²) in [6.45, 7) is 7.55. The van der Waals surface area contributed by atoms with E-state index in [-0.39, 0.29) is 18.4 Å². The predicted molar refractivity (Wildman–Crippen MR) is 93.8 cm³/mol. The summed E-state index contributed by atoms with van der Waals surface area (Å²) in [4.78, 5) is 23.2. The van der Waals surface area contributed by atoms with Gasteiger partial charge in [0.15, 0.2) is 0 Å². The van der Waals surface area contributed by atoms with E-state index in [0.29, 0.717) is 25.4 Å². The normalized spacial score (nSPS) is 26.1. The van der Waals surface area contributed by atoms with Crippen molar-refractivity contribution in [3.05, 3.63) is 12.7 Å². The molecule has 1 aromatic rings. The molecule has 8 nitrogen and oxygen atoms in total. The molecule has 2 saturated heterocycles. The molecule has 3 heterocycles. The lowest BCUT2D eigenvalue weighted by Crippen LogP contribution is -2.36. The van der Waals surface area contributed by atoms with Crippen LogP contribution < -0.4 is 0 Å². The Labute approximate surface area is 149 Å². The van der Waals surface area contributed by atoms with Gasteiger partial charge in [-0.3, -0.25) is 9.48 Å². The lowest BCUT2D eigenvalue weighted by Gasteiger charge is -2.26. The quantitative estimate of drug-likeness (QED) is 0.736. The second-order valence-electron chi connectivity index (χ2n) is 7.37. The third kappa shape index (κ3) is 4.99. The summed E-state index contributed by atoms with van der Waals surface area (Å²) in [5.74, 6) is 0.701. The molecular weight excluding hydrogens is 320 g/mol. The van der Waals surface area contributed by atoms with Crippen molar-refractivity contribution >= 4 is 5.91 Å². The van der Waals surface area contributed by atoms with Crippen LogP contribution in [0.3, 0.4) is 0 Å². The number of likely N-dealkylation sites (N-methyl/N-ethyl adjacent to an activating group) is 1. The Hall–Kier alpha value is -1.51. The summed E-state index contributed by atoms with van der Waals surface area (Å²) in [5, 5.41) is 13.8. The Kier molecular flexibility index (Phi) is 6.39. The number of nitrogens with zero attached hydrogens (tertiary/aromatic N) is 6. The molecule has 2 aliphatic heterocycles. The van der Waals surface area contributed by atoms with E-state index in [2.05, 4.69) is 26.9 Å². The Bertz CT molecular complexity index is 537. The van der Waals surface area contributed by atoms with E-state index in [1.54, 1.807) is 11.0 Å². The highest BCUT2D eigenvalue weighted by molar-refractivity contribution is 5.76. The van der Waals surface area contributed by atoms with Gasteiger partial charge >= 0.3 is 0 Å². The summed E-state index contributed by atoms with van der Waals surface area (Å²) in [7, 11) is 2.17. The van der Waals surface area contributed by atoms with Crippen molar-refractivity contribution in [2.75, 3.05) is 59.5 Å². The SMILES string of the molecule is CN1CCCN(CC2CN(C(=O)CCn3cncn3)CC2CO)CC1. The molecule has 25 heavy (non-hydrogen) atoms. The molecule has 0 spiro atoms. The number of aliphatic hydroxyl groups is 1. The zero-order valence-corrected chi connectivity index (χ0v) is 15.1. The van der Waals surface area contributed by atoms with Crippen LogP contribution >= 0.6 is 0 Å². The van der Waals surface area contributed by atoms with Gasteiger partial charge in [-0.05, 0) is 32.5 Å². The number of rotatable bonds is 6. The first-order valence-corrected chi connectivity index (χ1v) is 9.27. The Morgan fingerprint density at radius 3 is 2.80 bits per heavy atom. The van der Waals surface area contributed by atoms with Crippen LogP contribution in [0.25, 0.3) is 0 Å². The number of carbonyl (C=O) groups excluding carboxylic acids is 1. The topological polar surface area (TPSA) is 77.7 Å². The molecule has 1 amide bonds. The number of amides is 1. The number of likely N-dealkylation sites (tertiary alicyclic amines) is 1. The standard InChI is InChI=1S/C17H30N6O2/c1-20-4-2-5-21(8-7-20)9-15-10-22(11-16(15)12-24)17(25)3-6-23-14-18-13-19-23/h13-16,24H,2-12H2,1H3. The van der Waals surface area contributed by atoms with Gasteiger partial charge in [-0.25, -0.2) is 4.98 Å². The van der Waals surface area contributed by atoms with E-state index in [1.165, 1.54) is 12.7 Å². The van der Waals surface area contributed by atoms with Gasteiger partial charge in [-0.2, -0.15) is 5.10 Å². The molecule has 2 unspecified atom stereocenters. The van der Waals surface area contributed by atoms with Crippen LogP contribution in [-0.4, -0.2) is 99.9 Å². The maximum atomic E-state index is 12.5. The van der Waals surface area contributed by atoms with Crippen molar-refractivity contribution in [1.29, 1.82) is 0 Å². The summed E-state index contributed by atoms with van der Waals surface area (Å²) in [5.41, 5.74) is 0. The van der Waals surface area contributed by atoms with Gasteiger partial charge in [0.1, 0.15) is 12.7 Å². The largest absolute Gasteiger partial charge is 0.396 e. The molecule has 1 N–H and O–H groups in total. The zero-order chi connectivity index (χ0) is 17.6. The third-order valence-electron chi connectivity index (χ3n) is 5.49. The van der Waals surface area contributed by atoms with Crippen LogP contribution in [0.15, 0.2) is 12.7 Å². The van der Waals surface area contributed by atoms with Crippen LogP contribution in [0.4, 0.5) is 0 Å². The fourth-order valence-electron chi connectivity index (χ4n) is 3.89. The van der Waals surface area contributed by atoms with Crippen molar-refractivity contribution in [2.24, 2.45) is 11.8 Å². The van der Waals surface area contributed by atoms with Crippen molar-refractivity contribution in [3.63, 3.8) is 0 Å². The summed E-state index contributed by atoms with van der Waals surface area (Å²) < 4.78 is 1.68. The molecule has 8 heteroatoms. The van der Waals surface area contributed by atoms with Gasteiger partial charge in [0.2, 0.25) is 5.91 Å². The van der Waals surface area contributed by atoms with Crippen molar-refractivity contribution in [3.8, 4) is 0 Å². The average molecular weight is 350 g/mol. The number of carbonyl (C=O) groups is 1. The van der Waals surface area contributed by atoms with Crippen LogP contribution in [-0.2, 0) is 11.3 Å². The highest BCUT2D eigenvalue weighted by Gasteiger charge is 2.35. The van der Waals surface area contributed by atoms with E-state index >= 15 is 0 Å². The molecule has 2 atom stereocenters. The maximum absolute atomic E-state index is 12.5. The molecular formula is C17H30N6O2. The van der Waals surface area contributed by atoms with Gasteiger partial charge in [-0.15, -0.1) is 0 Å². The van der Waals surface area contributed by atoms with Crippen LogP contribution in [0.5, 0.6) is 0 Å². The third-order valence-corrected chi connectivity index (χ3v) is 5.49. The summed E-state index contributed by atoms with van der Waals surface area (Å²) >= 11 is 0. The number of hydrogen-bond donors (Lipinski definition) is 1. The van der Waals surface area contributed by atoms with E-state index in [1.807, 2.05) is 4.90 Å². The first-order chi connectivity index (χ1) is 12.2. The highest BCUT2D eigenvalue weighted by atomic mass is 16.3. The molecule has 2 aliphatic rings.